The van der Waals surface area contributed by atoms with Gasteiger partial charge in [-0.1, -0.05) is 0 Å². The van der Waals surface area contributed by atoms with Gasteiger partial charge < -0.3 is 10.4 Å². The van der Waals surface area contributed by atoms with E-state index >= 15 is 0 Å². The topological polar surface area (TPSA) is 73.1 Å². The lowest BCUT2D eigenvalue weighted by molar-refractivity contribution is -0.136. The molecule has 0 aliphatic rings. The number of nitrogens with one attached hydrogen (secondary N) is 1. The number of aliphatic carboxylic acids is 1. The molecule has 0 fully saturated rings. The van der Waals surface area contributed by atoms with Crippen molar-refractivity contribution in [3.05, 3.63) is 35.1 Å². The van der Waals surface area contributed by atoms with Gasteiger partial charge in [-0.3, -0.25) is 4.79 Å². The lowest BCUT2D eigenvalue weighted by Gasteiger charge is -2.03. The van der Waals surface area contributed by atoms with E-state index in [0.717, 1.165) is 0 Å². The van der Waals surface area contributed by atoms with E-state index in [0.29, 0.717) is 5.56 Å². The number of carbonyl (C=O) groups is 1. The minimum absolute atomic E-state index is 0.0909. The summed E-state index contributed by atoms with van der Waals surface area (Å²) in [5.41, 5.74) is 0.638. The molecule has 15 heavy (non-hydrogen) atoms. The minimum Gasteiger partial charge on any atom is -0.480 e. The molecule has 2 N–H and O–H groups in total. The van der Waals surface area contributed by atoms with Gasteiger partial charge in [-0.05, 0) is 18.2 Å². The fourth-order valence-electron chi connectivity index (χ4n) is 1.08. The van der Waals surface area contributed by atoms with Gasteiger partial charge in [0.2, 0.25) is 0 Å². The molecule has 0 amide bonds. The average molecular weight is 208 g/mol. The first kappa shape index (κ1) is 11.1. The van der Waals surface area contributed by atoms with Crippen molar-refractivity contribution in [3.63, 3.8) is 0 Å². The van der Waals surface area contributed by atoms with Crippen LogP contribution in [0.2, 0.25) is 0 Å². The van der Waals surface area contributed by atoms with Gasteiger partial charge in [0, 0.05) is 12.1 Å². The maximum atomic E-state index is 13.1. The monoisotopic (exact) mass is 208 g/mol. The maximum Gasteiger partial charge on any atom is 0.317 e. The van der Waals surface area contributed by atoms with Crippen molar-refractivity contribution in [3.8, 4) is 6.07 Å². The molecule has 4 nitrogen and oxygen atoms in total. The quantitative estimate of drug-likeness (QED) is 0.770. The normalized spacial score (nSPS) is 9.60. The highest BCUT2D eigenvalue weighted by Gasteiger charge is 2.04. The Bertz CT molecular complexity index is 412. The molecule has 0 aliphatic carbocycles. The summed E-state index contributed by atoms with van der Waals surface area (Å²) in [6, 6.07) is 5.84. The van der Waals surface area contributed by atoms with Gasteiger partial charge in [0.15, 0.2) is 0 Å². The number of nitriles is 1. The first-order valence-corrected chi connectivity index (χ1v) is 4.24. The fourth-order valence-corrected chi connectivity index (χ4v) is 1.08. The maximum absolute atomic E-state index is 13.1. The van der Waals surface area contributed by atoms with Gasteiger partial charge in [0.25, 0.3) is 0 Å². The van der Waals surface area contributed by atoms with E-state index in [1.165, 1.54) is 18.2 Å². The molecule has 1 aromatic rings. The molecule has 1 aromatic carbocycles. The third kappa shape index (κ3) is 3.37. The lowest BCUT2D eigenvalue weighted by Crippen LogP contribution is -2.22. The summed E-state index contributed by atoms with van der Waals surface area (Å²) in [6.07, 6.45) is 0. The van der Waals surface area contributed by atoms with E-state index < -0.39 is 11.8 Å². The van der Waals surface area contributed by atoms with E-state index in [1.54, 1.807) is 0 Å². The molecule has 1 rings (SSSR count). The number of hydrogen-bond acceptors (Lipinski definition) is 3. The molecule has 0 aromatic heterocycles. The first-order chi connectivity index (χ1) is 7.13. The highest BCUT2D eigenvalue weighted by molar-refractivity contribution is 5.69. The van der Waals surface area contributed by atoms with Crippen molar-refractivity contribution in [2.45, 2.75) is 6.54 Å². The van der Waals surface area contributed by atoms with E-state index in [4.69, 9.17) is 10.4 Å². The molecule has 0 atom stereocenters. The third-order valence-corrected chi connectivity index (χ3v) is 1.77. The number of benzene rings is 1. The second-order valence-electron chi connectivity index (χ2n) is 2.92. The Morgan fingerprint density at radius 2 is 2.33 bits per heavy atom. The lowest BCUT2D eigenvalue weighted by atomic mass is 10.1. The number of nitrogens with zero attached hydrogens (tertiary/aromatic N) is 1. The highest BCUT2D eigenvalue weighted by Crippen LogP contribution is 2.09. The van der Waals surface area contributed by atoms with Crippen molar-refractivity contribution < 1.29 is 14.3 Å². The Kier molecular flexibility index (Phi) is 3.77. The molecule has 5 heteroatoms. The van der Waals surface area contributed by atoms with Crippen LogP contribution >= 0.6 is 0 Å². The highest BCUT2D eigenvalue weighted by atomic mass is 19.1. The zero-order chi connectivity index (χ0) is 11.3. The Morgan fingerprint density at radius 3 is 2.93 bits per heavy atom. The largest absolute Gasteiger partial charge is 0.480 e. The van der Waals surface area contributed by atoms with Crippen molar-refractivity contribution in [2.24, 2.45) is 0 Å². The fraction of sp³-hybridized carbons (Fsp3) is 0.200. The summed E-state index contributed by atoms with van der Waals surface area (Å²) in [5, 5.41) is 19.5. The van der Waals surface area contributed by atoms with E-state index in [1.807, 2.05) is 6.07 Å². The summed E-state index contributed by atoms with van der Waals surface area (Å²) < 4.78 is 13.1. The standard InChI is InChI=1S/C10H9FN2O2/c11-9-2-1-7(4-12)3-8(9)5-13-6-10(14)15/h1-3,13H,5-6H2,(H,14,15). The summed E-state index contributed by atoms with van der Waals surface area (Å²) in [4.78, 5) is 10.2. The molecule has 0 radical (unpaired) electrons. The van der Waals surface area contributed by atoms with Crippen LogP contribution < -0.4 is 5.32 Å². The molecule has 0 bridgehead atoms. The summed E-state index contributed by atoms with van der Waals surface area (Å²) in [5.74, 6) is -1.46. The Hall–Kier alpha value is -1.93. The second-order valence-corrected chi connectivity index (χ2v) is 2.92. The number of hydrogen-bond donors (Lipinski definition) is 2. The van der Waals surface area contributed by atoms with Crippen molar-refractivity contribution in [1.82, 2.24) is 5.32 Å². The molecule has 0 saturated heterocycles. The molecule has 0 spiro atoms. The van der Waals surface area contributed by atoms with Crippen molar-refractivity contribution in [2.75, 3.05) is 6.54 Å². The number of rotatable bonds is 4. The Balaban J connectivity index is 2.68. The van der Waals surface area contributed by atoms with E-state index in [9.17, 15) is 9.18 Å². The summed E-state index contributed by atoms with van der Waals surface area (Å²) >= 11 is 0. The summed E-state index contributed by atoms with van der Waals surface area (Å²) in [6.45, 7) is -0.149. The SMILES string of the molecule is N#Cc1ccc(F)c(CNCC(=O)O)c1. The predicted molar refractivity (Wildman–Crippen MR) is 50.5 cm³/mol. The van der Waals surface area contributed by atoms with Crippen LogP contribution in [-0.4, -0.2) is 17.6 Å². The van der Waals surface area contributed by atoms with Crippen molar-refractivity contribution in [1.29, 1.82) is 5.26 Å². The van der Waals surface area contributed by atoms with Crippen LogP contribution in [0.1, 0.15) is 11.1 Å². The van der Waals surface area contributed by atoms with Crippen LogP contribution in [0.5, 0.6) is 0 Å². The van der Waals surface area contributed by atoms with Gasteiger partial charge in [-0.15, -0.1) is 0 Å². The van der Waals surface area contributed by atoms with E-state index in [2.05, 4.69) is 5.32 Å². The Morgan fingerprint density at radius 1 is 1.60 bits per heavy atom. The summed E-state index contributed by atoms with van der Waals surface area (Å²) in [7, 11) is 0. The number of halogens is 1. The molecular weight excluding hydrogens is 199 g/mol. The molecule has 0 heterocycles. The minimum atomic E-state index is -1.01. The van der Waals surface area contributed by atoms with Gasteiger partial charge in [-0.2, -0.15) is 5.26 Å². The molecular formula is C10H9FN2O2. The van der Waals surface area contributed by atoms with Crippen LogP contribution in [0.3, 0.4) is 0 Å². The van der Waals surface area contributed by atoms with Gasteiger partial charge in [0.1, 0.15) is 5.82 Å². The molecule has 0 aliphatic heterocycles. The molecule has 0 unspecified atom stereocenters. The van der Waals surface area contributed by atoms with Gasteiger partial charge in [-0.25, -0.2) is 4.39 Å². The van der Waals surface area contributed by atoms with Gasteiger partial charge in [0.05, 0.1) is 18.2 Å². The van der Waals surface area contributed by atoms with Crippen LogP contribution in [-0.2, 0) is 11.3 Å². The first-order valence-electron chi connectivity index (χ1n) is 4.24. The second kappa shape index (κ2) is 5.08. The van der Waals surface area contributed by atoms with Crippen molar-refractivity contribution >= 4 is 5.97 Å². The molecule has 0 saturated carbocycles. The van der Waals surface area contributed by atoms with Gasteiger partial charge >= 0.3 is 5.97 Å². The smallest absolute Gasteiger partial charge is 0.317 e. The molecule has 78 valence electrons. The number of carboxylic acids is 1. The third-order valence-electron chi connectivity index (χ3n) is 1.77. The predicted octanol–water partition coefficient (Wildman–Crippen LogP) is 0.872. The zero-order valence-electron chi connectivity index (χ0n) is 7.83. The van der Waals surface area contributed by atoms with Crippen LogP contribution in [0.25, 0.3) is 0 Å². The Labute approximate surface area is 86.0 Å². The average Bonchev–Trinajstić information content (AvgIpc) is 2.20. The van der Waals surface area contributed by atoms with Crippen LogP contribution in [0.15, 0.2) is 18.2 Å². The van der Waals surface area contributed by atoms with Crippen LogP contribution in [0, 0.1) is 17.1 Å². The zero-order valence-corrected chi connectivity index (χ0v) is 7.83. The van der Waals surface area contributed by atoms with Crippen LogP contribution in [0.4, 0.5) is 4.39 Å². The van der Waals surface area contributed by atoms with E-state index in [-0.39, 0.29) is 18.7 Å². The number of carboxylic acid groups (broad SMARTS) is 1.